The molecular formula is C28H23F2N3O. The number of para-hydroxylation sites is 1. The highest BCUT2D eigenvalue weighted by Crippen LogP contribution is 2.48. The summed E-state index contributed by atoms with van der Waals surface area (Å²) in [6.07, 6.45) is 4.49. The summed E-state index contributed by atoms with van der Waals surface area (Å²) >= 11 is 0. The summed E-state index contributed by atoms with van der Waals surface area (Å²) in [6.45, 7) is 2.02. The topological polar surface area (TPSA) is 55.7 Å². The summed E-state index contributed by atoms with van der Waals surface area (Å²) in [5, 5.41) is 0.912. The van der Waals surface area contributed by atoms with Crippen LogP contribution in [-0.4, -0.2) is 20.7 Å². The van der Waals surface area contributed by atoms with Gasteiger partial charge in [0, 0.05) is 52.6 Å². The number of halogens is 2. The number of carbonyl (C=O) groups is 1. The van der Waals surface area contributed by atoms with E-state index in [-0.39, 0.29) is 23.3 Å². The van der Waals surface area contributed by atoms with E-state index in [0.717, 1.165) is 46.6 Å². The van der Waals surface area contributed by atoms with Gasteiger partial charge in [0.15, 0.2) is 5.82 Å². The molecule has 1 fully saturated rings. The van der Waals surface area contributed by atoms with E-state index in [1.54, 1.807) is 6.20 Å². The average Bonchev–Trinajstić information content (AvgIpc) is 2.85. The number of ketones is 1. The third kappa shape index (κ3) is 3.31. The molecule has 1 saturated carbocycles. The monoisotopic (exact) mass is 455 g/mol. The first kappa shape index (κ1) is 21.0. The van der Waals surface area contributed by atoms with Crippen LogP contribution < -0.4 is 0 Å². The molecule has 6 heteroatoms. The van der Waals surface area contributed by atoms with E-state index in [2.05, 4.69) is 4.98 Å². The molecule has 4 aromatic rings. The van der Waals surface area contributed by atoms with Crippen molar-refractivity contribution in [2.75, 3.05) is 0 Å². The van der Waals surface area contributed by atoms with E-state index in [1.165, 1.54) is 12.1 Å². The average molecular weight is 456 g/mol. The fourth-order valence-electron chi connectivity index (χ4n) is 5.80. The summed E-state index contributed by atoms with van der Waals surface area (Å²) in [6, 6.07) is 13.3. The van der Waals surface area contributed by atoms with Gasteiger partial charge in [0.1, 0.15) is 17.4 Å². The van der Waals surface area contributed by atoms with Crippen molar-refractivity contribution >= 4 is 16.7 Å². The Morgan fingerprint density at radius 1 is 0.941 bits per heavy atom. The quantitative estimate of drug-likeness (QED) is 0.357. The second kappa shape index (κ2) is 8.05. The van der Waals surface area contributed by atoms with Crippen LogP contribution in [0, 0.1) is 23.5 Å². The van der Waals surface area contributed by atoms with Crippen molar-refractivity contribution in [3.8, 4) is 22.6 Å². The summed E-state index contributed by atoms with van der Waals surface area (Å²) < 4.78 is 28.7. The number of hydrogen-bond acceptors (Lipinski definition) is 4. The Balaban J connectivity index is 1.62. The van der Waals surface area contributed by atoms with Crippen LogP contribution >= 0.6 is 0 Å². The van der Waals surface area contributed by atoms with Crippen LogP contribution in [0.2, 0.25) is 0 Å². The predicted octanol–water partition coefficient (Wildman–Crippen LogP) is 6.28. The van der Waals surface area contributed by atoms with Crippen LogP contribution in [0.5, 0.6) is 0 Å². The minimum atomic E-state index is -0.638. The van der Waals surface area contributed by atoms with Crippen LogP contribution in [0.25, 0.3) is 33.5 Å². The zero-order valence-electron chi connectivity index (χ0n) is 18.8. The lowest BCUT2D eigenvalue weighted by atomic mass is 9.64. The Hall–Kier alpha value is -3.54. The van der Waals surface area contributed by atoms with Gasteiger partial charge in [-0.3, -0.25) is 9.78 Å². The van der Waals surface area contributed by atoms with Gasteiger partial charge in [-0.1, -0.05) is 25.1 Å². The van der Waals surface area contributed by atoms with Crippen LogP contribution in [0.15, 0.2) is 54.7 Å². The molecule has 34 heavy (non-hydrogen) atoms. The molecule has 2 aromatic heterocycles. The standard InChI is InChI=1S/C28H23F2N3O/c1-15-17-8-9-22-26(19(17)10-11-25(15)34)32-28(20-12-13-31-24-5-3-2-4-18(20)24)33-27(22)21-7-6-16(29)14-23(21)30/h2-7,12-15,17,19H,8-11H2,1H3. The van der Waals surface area contributed by atoms with E-state index in [9.17, 15) is 13.6 Å². The van der Waals surface area contributed by atoms with Crippen LogP contribution in [0.4, 0.5) is 8.78 Å². The van der Waals surface area contributed by atoms with E-state index < -0.39 is 11.6 Å². The summed E-state index contributed by atoms with van der Waals surface area (Å²) in [4.78, 5) is 26.8. The van der Waals surface area contributed by atoms with E-state index in [0.29, 0.717) is 30.1 Å². The van der Waals surface area contributed by atoms with Gasteiger partial charge in [0.05, 0.1) is 16.9 Å². The van der Waals surface area contributed by atoms with Gasteiger partial charge in [-0.2, -0.15) is 0 Å². The zero-order chi connectivity index (χ0) is 23.4. The first-order chi connectivity index (χ1) is 16.5. The summed E-state index contributed by atoms with van der Waals surface area (Å²) in [5.41, 5.74) is 4.25. The van der Waals surface area contributed by atoms with Crippen LogP contribution in [-0.2, 0) is 11.2 Å². The van der Waals surface area contributed by atoms with Crippen molar-refractivity contribution < 1.29 is 13.6 Å². The molecule has 0 aliphatic heterocycles. The van der Waals surface area contributed by atoms with Gasteiger partial charge >= 0.3 is 0 Å². The molecule has 3 unspecified atom stereocenters. The Bertz CT molecular complexity index is 1450. The lowest BCUT2D eigenvalue weighted by Crippen LogP contribution is -2.36. The minimum Gasteiger partial charge on any atom is -0.299 e. The first-order valence-corrected chi connectivity index (χ1v) is 11.7. The highest BCUT2D eigenvalue weighted by molar-refractivity contribution is 5.92. The third-order valence-electron chi connectivity index (χ3n) is 7.56. The van der Waals surface area contributed by atoms with Crippen molar-refractivity contribution in [1.82, 2.24) is 15.0 Å². The van der Waals surface area contributed by atoms with Gasteiger partial charge in [-0.15, -0.1) is 0 Å². The van der Waals surface area contributed by atoms with Crippen molar-refractivity contribution in [1.29, 1.82) is 0 Å². The zero-order valence-corrected chi connectivity index (χ0v) is 18.8. The second-order valence-electron chi connectivity index (χ2n) is 9.36. The first-order valence-electron chi connectivity index (χ1n) is 11.7. The molecule has 4 nitrogen and oxygen atoms in total. The maximum absolute atomic E-state index is 15.0. The molecular weight excluding hydrogens is 432 g/mol. The van der Waals surface area contributed by atoms with Crippen molar-refractivity contribution in [2.24, 2.45) is 11.8 Å². The Morgan fingerprint density at radius 3 is 2.65 bits per heavy atom. The molecule has 6 rings (SSSR count). The molecule has 2 aromatic carbocycles. The molecule has 0 saturated heterocycles. The highest BCUT2D eigenvalue weighted by Gasteiger charge is 2.41. The number of rotatable bonds is 2. The Labute approximate surface area is 196 Å². The van der Waals surface area contributed by atoms with Gasteiger partial charge in [0.25, 0.3) is 0 Å². The van der Waals surface area contributed by atoms with Crippen molar-refractivity contribution in [3.05, 3.63) is 77.6 Å². The number of fused-ring (bicyclic) bond motifs is 4. The molecule has 2 aliphatic rings. The number of nitrogens with zero attached hydrogens (tertiary/aromatic N) is 3. The van der Waals surface area contributed by atoms with Crippen LogP contribution in [0.1, 0.15) is 43.4 Å². The van der Waals surface area contributed by atoms with Crippen LogP contribution in [0.3, 0.4) is 0 Å². The van der Waals surface area contributed by atoms with Gasteiger partial charge in [0.2, 0.25) is 0 Å². The normalized spacial score (nSPS) is 21.9. The largest absolute Gasteiger partial charge is 0.299 e. The maximum atomic E-state index is 15.0. The molecule has 3 atom stereocenters. The Morgan fingerprint density at radius 2 is 1.79 bits per heavy atom. The smallest absolute Gasteiger partial charge is 0.160 e. The maximum Gasteiger partial charge on any atom is 0.160 e. The third-order valence-corrected chi connectivity index (χ3v) is 7.56. The molecule has 170 valence electrons. The number of Topliss-reactive ketones (excluding diaryl/α,β-unsaturated/α-hetero) is 1. The molecule has 2 aliphatic carbocycles. The fraction of sp³-hybridized carbons (Fsp3) is 0.286. The summed E-state index contributed by atoms with van der Waals surface area (Å²) in [7, 11) is 0. The van der Waals surface area contributed by atoms with Gasteiger partial charge < -0.3 is 0 Å². The molecule has 0 spiro atoms. The van der Waals surface area contributed by atoms with E-state index >= 15 is 0 Å². The van der Waals surface area contributed by atoms with Crippen molar-refractivity contribution in [2.45, 2.75) is 38.5 Å². The molecule has 0 bridgehead atoms. The van der Waals surface area contributed by atoms with E-state index in [4.69, 9.17) is 9.97 Å². The molecule has 0 radical (unpaired) electrons. The fourth-order valence-corrected chi connectivity index (χ4v) is 5.80. The predicted molar refractivity (Wildman–Crippen MR) is 126 cm³/mol. The number of carbonyl (C=O) groups excluding carboxylic acids is 1. The number of pyridine rings is 1. The SMILES string of the molecule is CC1C(=O)CCC2c3nc(-c4ccnc5ccccc45)nc(-c4ccc(F)cc4F)c3CCC12. The number of hydrogen-bond donors (Lipinski definition) is 0. The molecule has 0 N–H and O–H groups in total. The molecule has 0 amide bonds. The van der Waals surface area contributed by atoms with Gasteiger partial charge in [-0.05, 0) is 49.4 Å². The lowest BCUT2D eigenvalue weighted by molar-refractivity contribution is -0.126. The molecule has 2 heterocycles. The summed E-state index contributed by atoms with van der Waals surface area (Å²) in [5.74, 6) is -0.126. The second-order valence-corrected chi connectivity index (χ2v) is 9.36. The van der Waals surface area contributed by atoms with Crippen molar-refractivity contribution in [3.63, 3.8) is 0 Å². The van der Waals surface area contributed by atoms with E-state index in [1.807, 2.05) is 37.3 Å². The minimum absolute atomic E-state index is 0.0157. The van der Waals surface area contributed by atoms with Gasteiger partial charge in [-0.25, -0.2) is 18.7 Å². The lowest BCUT2D eigenvalue weighted by Gasteiger charge is -2.40. The highest BCUT2D eigenvalue weighted by atomic mass is 19.1. The number of benzene rings is 2. The number of aromatic nitrogens is 3. The Kier molecular flexibility index (Phi) is 4.97.